The van der Waals surface area contributed by atoms with Crippen LogP contribution in [-0.2, 0) is 0 Å². The number of nitrogens with zero attached hydrogens (tertiary/aromatic N) is 3. The van der Waals surface area contributed by atoms with E-state index in [1.54, 1.807) is 15.9 Å². The number of hydrogen-bond donors (Lipinski definition) is 2. The standard InChI is InChI=1S/C18H17ClN4OS2/c1-11(9-15(24)16-3-2-8-25-16)20-17-22-23-10-14(21-18(23)26-17)12-4-6-13(19)7-5-12/h2-8,10-11,15,24H,9H2,1H3,(H,20,22). The fourth-order valence-electron chi connectivity index (χ4n) is 2.72. The summed E-state index contributed by atoms with van der Waals surface area (Å²) in [5.74, 6) is 0. The summed E-state index contributed by atoms with van der Waals surface area (Å²) in [5, 5.41) is 21.6. The lowest BCUT2D eigenvalue weighted by molar-refractivity contribution is 0.166. The van der Waals surface area contributed by atoms with Gasteiger partial charge in [-0.2, -0.15) is 0 Å². The summed E-state index contributed by atoms with van der Waals surface area (Å²) in [6.45, 7) is 2.04. The Kier molecular flexibility index (Phi) is 4.95. The molecule has 1 aromatic carbocycles. The summed E-state index contributed by atoms with van der Waals surface area (Å²) in [7, 11) is 0. The van der Waals surface area contributed by atoms with Gasteiger partial charge in [-0.05, 0) is 36.9 Å². The van der Waals surface area contributed by atoms with Crippen LogP contribution in [0.3, 0.4) is 0 Å². The van der Waals surface area contributed by atoms with Crippen molar-refractivity contribution in [3.63, 3.8) is 0 Å². The molecule has 8 heteroatoms. The first-order valence-corrected chi connectivity index (χ1v) is 10.3. The van der Waals surface area contributed by atoms with Gasteiger partial charge < -0.3 is 10.4 Å². The van der Waals surface area contributed by atoms with E-state index >= 15 is 0 Å². The number of benzene rings is 1. The molecule has 0 amide bonds. The van der Waals surface area contributed by atoms with Gasteiger partial charge in [0.25, 0.3) is 0 Å². The molecule has 0 radical (unpaired) electrons. The molecule has 2 N–H and O–H groups in total. The highest BCUT2D eigenvalue weighted by Crippen LogP contribution is 2.27. The van der Waals surface area contributed by atoms with E-state index in [1.165, 1.54) is 11.3 Å². The van der Waals surface area contributed by atoms with Gasteiger partial charge >= 0.3 is 0 Å². The Balaban J connectivity index is 1.44. The number of anilines is 1. The second-order valence-electron chi connectivity index (χ2n) is 6.08. The molecule has 26 heavy (non-hydrogen) atoms. The molecular weight excluding hydrogens is 388 g/mol. The minimum atomic E-state index is -0.460. The molecule has 0 saturated carbocycles. The van der Waals surface area contributed by atoms with Gasteiger partial charge in [-0.25, -0.2) is 9.50 Å². The third-order valence-electron chi connectivity index (χ3n) is 4.00. The molecule has 2 unspecified atom stereocenters. The van der Waals surface area contributed by atoms with E-state index in [-0.39, 0.29) is 6.04 Å². The van der Waals surface area contributed by atoms with E-state index in [4.69, 9.17) is 11.6 Å². The average Bonchev–Trinajstić information content (AvgIpc) is 3.31. The highest BCUT2D eigenvalue weighted by atomic mass is 35.5. The molecule has 0 aliphatic carbocycles. The van der Waals surface area contributed by atoms with Gasteiger partial charge in [0, 0.05) is 21.5 Å². The van der Waals surface area contributed by atoms with Crippen LogP contribution in [0.15, 0.2) is 48.0 Å². The van der Waals surface area contributed by atoms with Gasteiger partial charge in [0.2, 0.25) is 10.1 Å². The van der Waals surface area contributed by atoms with Crippen LogP contribution in [-0.4, -0.2) is 25.7 Å². The number of nitrogens with one attached hydrogen (secondary N) is 1. The topological polar surface area (TPSA) is 62.5 Å². The van der Waals surface area contributed by atoms with Gasteiger partial charge in [-0.1, -0.05) is 41.1 Å². The van der Waals surface area contributed by atoms with E-state index in [0.717, 1.165) is 26.2 Å². The molecule has 0 saturated heterocycles. The Bertz CT molecular complexity index is 963. The van der Waals surface area contributed by atoms with Crippen LogP contribution >= 0.6 is 34.3 Å². The van der Waals surface area contributed by atoms with Crippen molar-refractivity contribution in [1.82, 2.24) is 14.6 Å². The van der Waals surface area contributed by atoms with E-state index < -0.39 is 6.10 Å². The molecule has 5 nitrogen and oxygen atoms in total. The molecule has 0 spiro atoms. The highest BCUT2D eigenvalue weighted by molar-refractivity contribution is 7.20. The van der Waals surface area contributed by atoms with Crippen molar-refractivity contribution in [2.24, 2.45) is 0 Å². The monoisotopic (exact) mass is 404 g/mol. The average molecular weight is 405 g/mol. The third-order valence-corrected chi connectivity index (χ3v) is 6.08. The SMILES string of the molecule is CC(CC(O)c1cccs1)Nc1nn2cc(-c3ccc(Cl)cc3)nc2s1. The lowest BCUT2D eigenvalue weighted by atomic mass is 10.1. The molecule has 0 aliphatic heterocycles. The van der Waals surface area contributed by atoms with Crippen LogP contribution in [0.2, 0.25) is 5.02 Å². The predicted octanol–water partition coefficient (Wildman–Crippen LogP) is 5.10. The quantitative estimate of drug-likeness (QED) is 0.469. The number of aromatic nitrogens is 3. The summed E-state index contributed by atoms with van der Waals surface area (Å²) in [6.07, 6.45) is 2.07. The number of thiophene rings is 1. The first-order chi connectivity index (χ1) is 12.6. The second kappa shape index (κ2) is 7.36. The van der Waals surface area contributed by atoms with Crippen molar-refractivity contribution in [2.45, 2.75) is 25.5 Å². The van der Waals surface area contributed by atoms with Crippen molar-refractivity contribution >= 4 is 44.4 Å². The van der Waals surface area contributed by atoms with Gasteiger partial charge in [0.15, 0.2) is 0 Å². The number of hydrogen-bond acceptors (Lipinski definition) is 6. The molecule has 4 aromatic rings. The summed E-state index contributed by atoms with van der Waals surface area (Å²) in [6, 6.07) is 11.6. The zero-order valence-corrected chi connectivity index (χ0v) is 16.4. The van der Waals surface area contributed by atoms with Crippen LogP contribution in [0.4, 0.5) is 5.13 Å². The normalized spacial score (nSPS) is 13.8. The molecule has 0 bridgehead atoms. The smallest absolute Gasteiger partial charge is 0.214 e. The molecule has 3 heterocycles. The maximum absolute atomic E-state index is 10.3. The predicted molar refractivity (Wildman–Crippen MR) is 108 cm³/mol. The molecule has 4 rings (SSSR count). The molecule has 2 atom stereocenters. The second-order valence-corrected chi connectivity index (χ2v) is 8.45. The van der Waals surface area contributed by atoms with Crippen molar-refractivity contribution in [2.75, 3.05) is 5.32 Å². The van der Waals surface area contributed by atoms with Gasteiger partial charge in [-0.3, -0.25) is 0 Å². The van der Waals surface area contributed by atoms with Crippen molar-refractivity contribution in [3.05, 3.63) is 57.9 Å². The Morgan fingerprint density at radius 2 is 2.08 bits per heavy atom. The maximum atomic E-state index is 10.3. The van der Waals surface area contributed by atoms with Crippen LogP contribution < -0.4 is 5.32 Å². The van der Waals surface area contributed by atoms with Crippen molar-refractivity contribution in [3.8, 4) is 11.3 Å². The Hall–Kier alpha value is -1.93. The Morgan fingerprint density at radius 3 is 2.77 bits per heavy atom. The largest absolute Gasteiger partial charge is 0.387 e. The minimum absolute atomic E-state index is 0.0960. The summed E-state index contributed by atoms with van der Waals surface area (Å²) in [4.78, 5) is 6.44. The molecule has 0 aliphatic rings. The number of rotatable bonds is 6. The summed E-state index contributed by atoms with van der Waals surface area (Å²) >= 11 is 9.00. The van der Waals surface area contributed by atoms with E-state index in [2.05, 4.69) is 15.4 Å². The van der Waals surface area contributed by atoms with Crippen molar-refractivity contribution in [1.29, 1.82) is 0 Å². The van der Waals surface area contributed by atoms with E-state index in [0.29, 0.717) is 11.4 Å². The third kappa shape index (κ3) is 3.76. The number of halogens is 1. The van der Waals surface area contributed by atoms with E-state index in [1.807, 2.05) is 54.9 Å². The van der Waals surface area contributed by atoms with Gasteiger partial charge in [0.1, 0.15) is 0 Å². The van der Waals surface area contributed by atoms with Crippen LogP contribution in [0.1, 0.15) is 24.3 Å². The number of aliphatic hydroxyl groups is 1. The van der Waals surface area contributed by atoms with Crippen molar-refractivity contribution < 1.29 is 5.11 Å². The Morgan fingerprint density at radius 1 is 1.27 bits per heavy atom. The fraction of sp³-hybridized carbons (Fsp3) is 0.222. The first kappa shape index (κ1) is 17.5. The molecule has 0 fully saturated rings. The lowest BCUT2D eigenvalue weighted by Crippen LogP contribution is -2.18. The zero-order valence-electron chi connectivity index (χ0n) is 14.0. The fourth-order valence-corrected chi connectivity index (χ4v) is 4.46. The zero-order chi connectivity index (χ0) is 18.1. The van der Waals surface area contributed by atoms with Gasteiger partial charge in [0.05, 0.1) is 18.0 Å². The maximum Gasteiger partial charge on any atom is 0.214 e. The van der Waals surface area contributed by atoms with Gasteiger partial charge in [-0.15, -0.1) is 16.4 Å². The minimum Gasteiger partial charge on any atom is -0.387 e. The molecule has 134 valence electrons. The highest BCUT2D eigenvalue weighted by Gasteiger charge is 2.16. The Labute approximate surface area is 163 Å². The van der Waals surface area contributed by atoms with Crippen LogP contribution in [0.5, 0.6) is 0 Å². The number of fused-ring (bicyclic) bond motifs is 1. The first-order valence-electron chi connectivity index (χ1n) is 8.18. The summed E-state index contributed by atoms with van der Waals surface area (Å²) in [5.41, 5.74) is 1.88. The lowest BCUT2D eigenvalue weighted by Gasteiger charge is -2.16. The van der Waals surface area contributed by atoms with Crippen LogP contribution in [0.25, 0.3) is 16.2 Å². The summed E-state index contributed by atoms with van der Waals surface area (Å²) < 4.78 is 1.78. The number of imidazole rings is 1. The van der Waals surface area contributed by atoms with Crippen LogP contribution in [0, 0.1) is 0 Å². The molecule has 3 aromatic heterocycles. The van der Waals surface area contributed by atoms with E-state index in [9.17, 15) is 5.11 Å². The molecular formula is C18H17ClN4OS2. The number of aliphatic hydroxyl groups excluding tert-OH is 1.